The van der Waals surface area contributed by atoms with Crippen molar-refractivity contribution >= 4 is 33.4 Å². The van der Waals surface area contributed by atoms with Gasteiger partial charge in [-0.25, -0.2) is 9.97 Å². The van der Waals surface area contributed by atoms with Crippen molar-refractivity contribution in [3.8, 4) is 10.6 Å². The third-order valence-electron chi connectivity index (χ3n) is 4.26. The van der Waals surface area contributed by atoms with Crippen LogP contribution in [-0.4, -0.2) is 14.5 Å². The first kappa shape index (κ1) is 15.0. The SMILES string of the molecule is O=c1c2oc3ccccc3c2ncn1Cc1csc(-c2ccccc2)n1. The largest absolute Gasteiger partial charge is 0.448 e. The smallest absolute Gasteiger partial charge is 0.297 e. The molecule has 0 aliphatic carbocycles. The molecule has 0 unspecified atom stereocenters. The van der Waals surface area contributed by atoms with Gasteiger partial charge in [0.25, 0.3) is 5.56 Å². The fourth-order valence-corrected chi connectivity index (χ4v) is 3.81. The van der Waals surface area contributed by atoms with Crippen molar-refractivity contribution in [3.05, 3.63) is 82.4 Å². The molecule has 0 aliphatic heterocycles. The maximum atomic E-state index is 12.8. The summed E-state index contributed by atoms with van der Waals surface area (Å²) in [6.07, 6.45) is 1.56. The summed E-state index contributed by atoms with van der Waals surface area (Å²) in [6.45, 7) is 0.363. The van der Waals surface area contributed by atoms with Crippen LogP contribution in [0.5, 0.6) is 0 Å². The Hall–Kier alpha value is -3.25. The van der Waals surface area contributed by atoms with E-state index in [1.807, 2.05) is 60.0 Å². The number of nitrogens with zero attached hydrogens (tertiary/aromatic N) is 3. The Labute approximate surface area is 152 Å². The molecular formula is C20H13N3O2S. The lowest BCUT2D eigenvalue weighted by molar-refractivity contribution is 0.641. The molecule has 0 N–H and O–H groups in total. The van der Waals surface area contributed by atoms with E-state index in [1.54, 1.807) is 17.7 Å². The van der Waals surface area contributed by atoms with E-state index in [-0.39, 0.29) is 11.1 Å². The third-order valence-corrected chi connectivity index (χ3v) is 5.20. The van der Waals surface area contributed by atoms with Gasteiger partial charge >= 0.3 is 0 Å². The molecule has 5 aromatic rings. The number of hydrogen-bond donors (Lipinski definition) is 0. The molecule has 2 aromatic carbocycles. The molecule has 0 aliphatic rings. The fourth-order valence-electron chi connectivity index (χ4n) is 3.00. The lowest BCUT2D eigenvalue weighted by Gasteiger charge is -2.02. The fraction of sp³-hybridized carbons (Fsp3) is 0.0500. The normalized spacial score (nSPS) is 11.4. The minimum absolute atomic E-state index is 0.194. The van der Waals surface area contributed by atoms with Crippen molar-refractivity contribution in [2.45, 2.75) is 6.54 Å². The van der Waals surface area contributed by atoms with Crippen LogP contribution in [0.25, 0.3) is 32.6 Å². The number of rotatable bonds is 3. The number of hydrogen-bond acceptors (Lipinski definition) is 5. The molecule has 0 atom stereocenters. The minimum atomic E-state index is -0.194. The summed E-state index contributed by atoms with van der Waals surface area (Å²) < 4.78 is 7.26. The highest BCUT2D eigenvalue weighted by Crippen LogP contribution is 2.25. The zero-order valence-corrected chi connectivity index (χ0v) is 14.4. The van der Waals surface area contributed by atoms with E-state index in [0.29, 0.717) is 17.6 Å². The third kappa shape index (κ3) is 2.43. The molecule has 0 fully saturated rings. The van der Waals surface area contributed by atoms with E-state index in [2.05, 4.69) is 9.97 Å². The van der Waals surface area contributed by atoms with Gasteiger partial charge in [-0.3, -0.25) is 9.36 Å². The predicted octanol–water partition coefficient (Wildman–Crippen LogP) is 4.31. The Morgan fingerprint density at radius 2 is 1.85 bits per heavy atom. The summed E-state index contributed by atoms with van der Waals surface area (Å²) in [5.74, 6) is 0. The van der Waals surface area contributed by atoms with Crippen LogP contribution in [0, 0.1) is 0 Å². The van der Waals surface area contributed by atoms with E-state index in [1.165, 1.54) is 4.57 Å². The van der Waals surface area contributed by atoms with Crippen LogP contribution >= 0.6 is 11.3 Å². The second kappa shape index (κ2) is 5.93. The van der Waals surface area contributed by atoms with Gasteiger partial charge < -0.3 is 4.42 Å². The highest BCUT2D eigenvalue weighted by Gasteiger charge is 2.14. The quantitative estimate of drug-likeness (QED) is 0.481. The van der Waals surface area contributed by atoms with Gasteiger partial charge in [0.1, 0.15) is 16.1 Å². The van der Waals surface area contributed by atoms with Crippen molar-refractivity contribution in [2.24, 2.45) is 0 Å². The van der Waals surface area contributed by atoms with Crippen LogP contribution in [0.4, 0.5) is 0 Å². The van der Waals surface area contributed by atoms with Crippen LogP contribution in [0.15, 0.2) is 75.5 Å². The molecule has 0 saturated carbocycles. The van der Waals surface area contributed by atoms with Crippen molar-refractivity contribution in [1.82, 2.24) is 14.5 Å². The molecule has 0 radical (unpaired) electrons. The van der Waals surface area contributed by atoms with Gasteiger partial charge in [0.15, 0.2) is 0 Å². The second-order valence-electron chi connectivity index (χ2n) is 5.96. The van der Waals surface area contributed by atoms with Crippen molar-refractivity contribution in [2.75, 3.05) is 0 Å². The average molecular weight is 359 g/mol. The molecule has 0 spiro atoms. The number of fused-ring (bicyclic) bond motifs is 3. The molecule has 6 heteroatoms. The summed E-state index contributed by atoms with van der Waals surface area (Å²) >= 11 is 1.56. The molecule has 26 heavy (non-hydrogen) atoms. The maximum absolute atomic E-state index is 12.8. The molecule has 0 saturated heterocycles. The number of aromatic nitrogens is 3. The van der Waals surface area contributed by atoms with Gasteiger partial charge in [0, 0.05) is 16.3 Å². The number of thiazole rings is 1. The molecule has 126 valence electrons. The summed E-state index contributed by atoms with van der Waals surface area (Å²) in [5, 5.41) is 3.76. The van der Waals surface area contributed by atoms with Gasteiger partial charge in [0.2, 0.25) is 5.58 Å². The van der Waals surface area contributed by atoms with Gasteiger partial charge in [-0.05, 0) is 12.1 Å². The Balaban J connectivity index is 1.54. The van der Waals surface area contributed by atoms with Crippen molar-refractivity contribution in [3.63, 3.8) is 0 Å². The molecule has 3 heterocycles. The van der Waals surface area contributed by atoms with E-state index < -0.39 is 0 Å². The first-order chi connectivity index (χ1) is 12.8. The van der Waals surface area contributed by atoms with Crippen molar-refractivity contribution < 1.29 is 4.42 Å². The first-order valence-corrected chi connectivity index (χ1v) is 9.04. The molecule has 5 rings (SSSR count). The second-order valence-corrected chi connectivity index (χ2v) is 6.82. The molecule has 3 aromatic heterocycles. The van der Waals surface area contributed by atoms with Gasteiger partial charge in [-0.2, -0.15) is 0 Å². The summed E-state index contributed by atoms with van der Waals surface area (Å²) in [7, 11) is 0. The number of para-hydroxylation sites is 1. The minimum Gasteiger partial charge on any atom is -0.448 e. The topological polar surface area (TPSA) is 60.9 Å². The predicted molar refractivity (Wildman–Crippen MR) is 102 cm³/mol. The zero-order chi connectivity index (χ0) is 17.5. The van der Waals surface area contributed by atoms with Crippen LogP contribution in [0.1, 0.15) is 5.69 Å². The number of benzene rings is 2. The molecule has 5 nitrogen and oxygen atoms in total. The van der Waals surface area contributed by atoms with Crippen LogP contribution in [0.2, 0.25) is 0 Å². The first-order valence-electron chi connectivity index (χ1n) is 8.16. The van der Waals surface area contributed by atoms with Crippen LogP contribution in [0.3, 0.4) is 0 Å². The van der Waals surface area contributed by atoms with E-state index in [4.69, 9.17) is 4.42 Å². The van der Waals surface area contributed by atoms with Crippen LogP contribution < -0.4 is 5.56 Å². The summed E-state index contributed by atoms with van der Waals surface area (Å²) in [6, 6.07) is 17.5. The highest BCUT2D eigenvalue weighted by molar-refractivity contribution is 7.13. The van der Waals surface area contributed by atoms with Crippen molar-refractivity contribution in [1.29, 1.82) is 0 Å². The monoisotopic (exact) mass is 359 g/mol. The van der Waals surface area contributed by atoms with E-state index >= 15 is 0 Å². The summed E-state index contributed by atoms with van der Waals surface area (Å²) in [5.41, 5.74) is 3.26. The zero-order valence-electron chi connectivity index (χ0n) is 13.6. The Bertz CT molecular complexity index is 1280. The lowest BCUT2D eigenvalue weighted by atomic mass is 10.2. The van der Waals surface area contributed by atoms with Gasteiger partial charge in [-0.15, -0.1) is 11.3 Å². The molecule has 0 amide bonds. The lowest BCUT2D eigenvalue weighted by Crippen LogP contribution is -2.20. The maximum Gasteiger partial charge on any atom is 0.297 e. The molecular weight excluding hydrogens is 346 g/mol. The highest BCUT2D eigenvalue weighted by atomic mass is 32.1. The average Bonchev–Trinajstić information content (AvgIpc) is 3.30. The summed E-state index contributed by atoms with van der Waals surface area (Å²) in [4.78, 5) is 21.9. The van der Waals surface area contributed by atoms with E-state index in [9.17, 15) is 4.79 Å². The Morgan fingerprint density at radius 3 is 2.73 bits per heavy atom. The molecule has 0 bridgehead atoms. The Kier molecular flexibility index (Phi) is 3.43. The van der Waals surface area contributed by atoms with Gasteiger partial charge in [0.05, 0.1) is 18.6 Å². The van der Waals surface area contributed by atoms with Crippen LogP contribution in [-0.2, 0) is 6.54 Å². The number of furan rings is 1. The Morgan fingerprint density at radius 1 is 1.04 bits per heavy atom. The standard InChI is InChI=1S/C20H13N3O2S/c24-20-18-17(15-8-4-5-9-16(15)25-18)21-12-23(20)10-14-11-26-19(22-14)13-6-2-1-3-7-13/h1-9,11-12H,10H2. The van der Waals surface area contributed by atoms with Gasteiger partial charge in [-0.1, -0.05) is 42.5 Å². The van der Waals surface area contributed by atoms with E-state index in [0.717, 1.165) is 21.7 Å².